The van der Waals surface area contributed by atoms with Crippen LogP contribution in [0.25, 0.3) is 16.9 Å². The monoisotopic (exact) mass is 316 g/mol. The Balaban J connectivity index is 0.000000203. The van der Waals surface area contributed by atoms with E-state index < -0.39 is 0 Å². The van der Waals surface area contributed by atoms with Crippen LogP contribution in [0, 0.1) is 16.5 Å². The van der Waals surface area contributed by atoms with Crippen molar-refractivity contribution in [1.82, 2.24) is 19.6 Å². The maximum Gasteiger partial charge on any atom is 0.180 e. The van der Waals surface area contributed by atoms with Crippen molar-refractivity contribution in [3.63, 3.8) is 0 Å². The summed E-state index contributed by atoms with van der Waals surface area (Å²) in [4.78, 5) is 8.22. The van der Waals surface area contributed by atoms with Crippen molar-refractivity contribution in [3.8, 4) is 17.3 Å². The lowest BCUT2D eigenvalue weighted by molar-refractivity contribution is -0.605. The van der Waals surface area contributed by atoms with Gasteiger partial charge in [0.2, 0.25) is 0 Å². The third kappa shape index (κ3) is 3.18. The standard InChI is InChI=1S/C12H7N5.C5H5NO/c13-6-10-8-16-17-11(3-5-15-12(10)17)9-2-1-4-14-7-9;7-6-4-2-1-3-5-6/h1-5,7-8H;1-5H. The smallest absolute Gasteiger partial charge is 0.180 e. The average molecular weight is 316 g/mol. The Morgan fingerprint density at radius 2 is 1.88 bits per heavy atom. The van der Waals surface area contributed by atoms with Gasteiger partial charge in [-0.25, -0.2) is 9.50 Å². The molecule has 24 heavy (non-hydrogen) atoms. The molecule has 0 aliphatic carbocycles. The fraction of sp³-hybridized carbons (Fsp3) is 0. The molecule has 0 bridgehead atoms. The van der Waals surface area contributed by atoms with E-state index in [2.05, 4.69) is 21.1 Å². The molecular weight excluding hydrogens is 304 g/mol. The molecule has 0 atom stereocenters. The van der Waals surface area contributed by atoms with Crippen molar-refractivity contribution < 1.29 is 4.73 Å². The molecule has 0 N–H and O–H groups in total. The lowest BCUT2D eigenvalue weighted by atomic mass is 10.2. The molecule has 7 heteroatoms. The number of hydrogen-bond donors (Lipinski definition) is 0. The summed E-state index contributed by atoms with van der Waals surface area (Å²) < 4.78 is 2.40. The predicted molar refractivity (Wildman–Crippen MR) is 86.3 cm³/mol. The fourth-order valence-electron chi connectivity index (χ4n) is 2.09. The fourth-order valence-corrected chi connectivity index (χ4v) is 2.09. The predicted octanol–water partition coefficient (Wildman–Crippen LogP) is 1.98. The number of nitrogens with zero attached hydrogens (tertiary/aromatic N) is 6. The lowest BCUT2D eigenvalue weighted by Gasteiger charge is -2.03. The van der Waals surface area contributed by atoms with Crippen LogP contribution in [0.4, 0.5) is 0 Å². The zero-order valence-corrected chi connectivity index (χ0v) is 12.5. The molecule has 0 saturated heterocycles. The highest BCUT2D eigenvalue weighted by Crippen LogP contribution is 2.19. The summed E-state index contributed by atoms with van der Waals surface area (Å²) in [5.41, 5.74) is 2.83. The minimum Gasteiger partial charge on any atom is -0.619 e. The van der Waals surface area contributed by atoms with Gasteiger partial charge in [0.25, 0.3) is 0 Å². The zero-order valence-electron chi connectivity index (χ0n) is 12.5. The van der Waals surface area contributed by atoms with Gasteiger partial charge in [0.05, 0.1) is 11.9 Å². The van der Waals surface area contributed by atoms with E-state index in [1.54, 1.807) is 41.3 Å². The van der Waals surface area contributed by atoms with Gasteiger partial charge < -0.3 is 5.21 Å². The van der Waals surface area contributed by atoms with E-state index in [4.69, 9.17) is 5.26 Å². The van der Waals surface area contributed by atoms with E-state index in [0.717, 1.165) is 16.0 Å². The van der Waals surface area contributed by atoms with Gasteiger partial charge in [-0.05, 0) is 18.2 Å². The third-order valence-corrected chi connectivity index (χ3v) is 3.17. The van der Waals surface area contributed by atoms with E-state index in [0.29, 0.717) is 11.2 Å². The Morgan fingerprint density at radius 3 is 2.50 bits per heavy atom. The normalized spacial score (nSPS) is 9.79. The Morgan fingerprint density at radius 1 is 1.04 bits per heavy atom. The molecule has 0 aliphatic rings. The minimum absolute atomic E-state index is 0.468. The van der Waals surface area contributed by atoms with Crippen LogP contribution in [-0.4, -0.2) is 19.6 Å². The average Bonchev–Trinajstić information content (AvgIpc) is 3.07. The molecule has 0 amide bonds. The molecule has 0 saturated carbocycles. The molecule has 4 aromatic rings. The summed E-state index contributed by atoms with van der Waals surface area (Å²) in [5.74, 6) is 0. The van der Waals surface area contributed by atoms with Crippen LogP contribution in [0.1, 0.15) is 5.56 Å². The molecule has 4 heterocycles. The highest BCUT2D eigenvalue weighted by Gasteiger charge is 2.09. The van der Waals surface area contributed by atoms with Crippen LogP contribution in [-0.2, 0) is 0 Å². The molecule has 0 radical (unpaired) electrons. The summed E-state index contributed by atoms with van der Waals surface area (Å²) >= 11 is 0. The molecule has 116 valence electrons. The first-order valence-corrected chi connectivity index (χ1v) is 7.06. The summed E-state index contributed by atoms with van der Waals surface area (Å²) in [6, 6.07) is 12.9. The zero-order chi connectivity index (χ0) is 16.8. The maximum atomic E-state index is 10.2. The molecule has 0 aromatic carbocycles. The Bertz CT molecular complexity index is 976. The van der Waals surface area contributed by atoms with Gasteiger partial charge in [-0.15, -0.1) is 0 Å². The van der Waals surface area contributed by atoms with Crippen molar-refractivity contribution in [1.29, 1.82) is 5.26 Å². The van der Waals surface area contributed by atoms with Crippen LogP contribution < -0.4 is 4.73 Å². The SMILES string of the molecule is N#Cc1cnn2c(-c3cccnc3)ccnc12.[O-][n+]1ccccc1. The van der Waals surface area contributed by atoms with E-state index in [-0.39, 0.29) is 0 Å². The minimum atomic E-state index is 0.468. The highest BCUT2D eigenvalue weighted by atomic mass is 16.5. The second-order valence-corrected chi connectivity index (χ2v) is 4.71. The van der Waals surface area contributed by atoms with Gasteiger partial charge in [0.1, 0.15) is 11.6 Å². The van der Waals surface area contributed by atoms with Gasteiger partial charge in [-0.2, -0.15) is 15.1 Å². The Hall–Kier alpha value is -3.79. The number of pyridine rings is 2. The summed E-state index contributed by atoms with van der Waals surface area (Å²) in [5, 5.41) is 23.3. The highest BCUT2D eigenvalue weighted by molar-refractivity contribution is 5.64. The number of fused-ring (bicyclic) bond motifs is 1. The van der Waals surface area contributed by atoms with Crippen LogP contribution in [0.2, 0.25) is 0 Å². The molecule has 7 nitrogen and oxygen atoms in total. The first-order chi connectivity index (χ1) is 11.8. The Labute approximate surface area is 137 Å². The Kier molecular flexibility index (Phi) is 4.40. The van der Waals surface area contributed by atoms with Crippen molar-refractivity contribution in [3.05, 3.63) is 84.3 Å². The maximum absolute atomic E-state index is 10.2. The molecule has 4 rings (SSSR count). The van der Waals surface area contributed by atoms with Crippen LogP contribution in [0.5, 0.6) is 0 Å². The molecule has 4 aromatic heterocycles. The van der Waals surface area contributed by atoms with Gasteiger partial charge in [0, 0.05) is 36.3 Å². The van der Waals surface area contributed by atoms with E-state index in [1.807, 2.05) is 18.2 Å². The number of hydrogen-bond acceptors (Lipinski definition) is 5. The summed E-state index contributed by atoms with van der Waals surface area (Å²) in [6.07, 6.45) is 9.54. The van der Waals surface area contributed by atoms with E-state index in [1.165, 1.54) is 18.6 Å². The van der Waals surface area contributed by atoms with Gasteiger partial charge in [-0.1, -0.05) is 6.07 Å². The second kappa shape index (κ2) is 6.98. The molecular formula is C17H12N6O. The third-order valence-electron chi connectivity index (χ3n) is 3.17. The molecule has 0 fully saturated rings. The van der Waals surface area contributed by atoms with Crippen LogP contribution >= 0.6 is 0 Å². The van der Waals surface area contributed by atoms with Crippen molar-refractivity contribution >= 4 is 5.65 Å². The molecule has 0 aliphatic heterocycles. The van der Waals surface area contributed by atoms with Gasteiger partial charge in [0.15, 0.2) is 18.0 Å². The number of aromatic nitrogens is 5. The number of nitriles is 1. The summed E-state index contributed by atoms with van der Waals surface area (Å²) in [6.45, 7) is 0. The first kappa shape index (κ1) is 15.1. The van der Waals surface area contributed by atoms with Gasteiger partial charge >= 0.3 is 0 Å². The van der Waals surface area contributed by atoms with Crippen LogP contribution in [0.15, 0.2) is 73.6 Å². The summed E-state index contributed by atoms with van der Waals surface area (Å²) in [7, 11) is 0. The van der Waals surface area contributed by atoms with Gasteiger partial charge in [-0.3, -0.25) is 4.98 Å². The topological polar surface area (TPSA) is 93.8 Å². The van der Waals surface area contributed by atoms with Crippen molar-refractivity contribution in [2.45, 2.75) is 0 Å². The quantitative estimate of drug-likeness (QED) is 0.395. The molecule has 0 unspecified atom stereocenters. The van der Waals surface area contributed by atoms with E-state index in [9.17, 15) is 5.21 Å². The van der Waals surface area contributed by atoms with Crippen LogP contribution in [0.3, 0.4) is 0 Å². The largest absolute Gasteiger partial charge is 0.619 e. The lowest BCUT2D eigenvalue weighted by Crippen LogP contribution is -2.22. The van der Waals surface area contributed by atoms with Crippen molar-refractivity contribution in [2.24, 2.45) is 0 Å². The van der Waals surface area contributed by atoms with E-state index >= 15 is 0 Å². The van der Waals surface area contributed by atoms with Crippen molar-refractivity contribution in [2.75, 3.05) is 0 Å². The second-order valence-electron chi connectivity index (χ2n) is 4.71. The first-order valence-electron chi connectivity index (χ1n) is 7.06. The number of rotatable bonds is 1. The molecule has 0 spiro atoms.